The lowest BCUT2D eigenvalue weighted by molar-refractivity contribution is -0.385. The maximum absolute atomic E-state index is 13.0. The average Bonchev–Trinajstić information content (AvgIpc) is 3.29. The quantitative estimate of drug-likeness (QED) is 0.396. The molecule has 0 saturated carbocycles. The second-order valence-electron chi connectivity index (χ2n) is 8.14. The van der Waals surface area contributed by atoms with Crippen LogP contribution in [0.4, 0.5) is 5.69 Å². The highest BCUT2D eigenvalue weighted by Crippen LogP contribution is 2.27. The van der Waals surface area contributed by atoms with Crippen LogP contribution >= 0.6 is 0 Å². The van der Waals surface area contributed by atoms with Crippen molar-refractivity contribution in [3.8, 4) is 11.4 Å². The van der Waals surface area contributed by atoms with Gasteiger partial charge >= 0.3 is 0 Å². The molecule has 1 fully saturated rings. The molecule has 0 radical (unpaired) electrons. The molecule has 0 bridgehead atoms. The van der Waals surface area contributed by atoms with E-state index < -0.39 is 14.9 Å². The molecule has 3 aromatic rings. The van der Waals surface area contributed by atoms with Crippen molar-refractivity contribution in [1.29, 1.82) is 0 Å². The van der Waals surface area contributed by atoms with E-state index in [2.05, 4.69) is 15.0 Å². The number of nitro benzene ring substituents is 1. The van der Waals surface area contributed by atoms with E-state index in [1.807, 2.05) is 38.1 Å². The van der Waals surface area contributed by atoms with Gasteiger partial charge in [0.2, 0.25) is 21.7 Å². The normalized spacial score (nSPS) is 16.6. The molecule has 0 amide bonds. The van der Waals surface area contributed by atoms with Gasteiger partial charge in [-0.25, -0.2) is 8.42 Å². The van der Waals surface area contributed by atoms with Crippen molar-refractivity contribution in [2.45, 2.75) is 31.7 Å². The number of hydrogen-bond donors (Lipinski definition) is 0. The Morgan fingerprint density at radius 3 is 2.36 bits per heavy atom. The molecule has 1 saturated heterocycles. The van der Waals surface area contributed by atoms with E-state index in [1.165, 1.54) is 16.4 Å². The molecule has 1 aliphatic heterocycles. The Morgan fingerprint density at radius 1 is 1.06 bits per heavy atom. The molecule has 174 valence electrons. The number of aromatic nitrogens is 2. The van der Waals surface area contributed by atoms with Crippen LogP contribution in [0.3, 0.4) is 0 Å². The zero-order valence-corrected chi connectivity index (χ0v) is 19.4. The zero-order chi connectivity index (χ0) is 23.8. The maximum Gasteiger partial charge on any atom is 0.273 e. The van der Waals surface area contributed by atoms with E-state index in [-0.39, 0.29) is 29.7 Å². The SMILES string of the molecule is Cc1ccc(-c2noc([C@@H](C)N3CCN(S(=O)(=O)c4ccc(C)c([N+](=O)[O-])c4)CC3)n2)cc1. The molecular weight excluding hydrogens is 446 g/mol. The summed E-state index contributed by atoms with van der Waals surface area (Å²) in [5.41, 5.74) is 2.22. The van der Waals surface area contributed by atoms with Gasteiger partial charge in [0.1, 0.15) is 0 Å². The summed E-state index contributed by atoms with van der Waals surface area (Å²) in [4.78, 5) is 17.2. The van der Waals surface area contributed by atoms with Gasteiger partial charge in [0.15, 0.2) is 0 Å². The first-order chi connectivity index (χ1) is 15.7. The van der Waals surface area contributed by atoms with Crippen molar-refractivity contribution < 1.29 is 17.9 Å². The number of nitrogens with zero attached hydrogens (tertiary/aromatic N) is 5. The molecule has 0 unspecified atom stereocenters. The number of benzene rings is 2. The van der Waals surface area contributed by atoms with E-state index >= 15 is 0 Å². The largest absolute Gasteiger partial charge is 0.337 e. The van der Waals surface area contributed by atoms with E-state index in [0.29, 0.717) is 30.4 Å². The van der Waals surface area contributed by atoms with Gasteiger partial charge < -0.3 is 4.52 Å². The molecule has 1 aromatic heterocycles. The first-order valence-electron chi connectivity index (χ1n) is 10.6. The summed E-state index contributed by atoms with van der Waals surface area (Å²) in [7, 11) is -3.83. The van der Waals surface area contributed by atoms with E-state index in [4.69, 9.17) is 4.52 Å². The van der Waals surface area contributed by atoms with Crippen LogP contribution in [0.25, 0.3) is 11.4 Å². The first kappa shape index (κ1) is 23.0. The second-order valence-corrected chi connectivity index (χ2v) is 10.1. The number of rotatable bonds is 6. The van der Waals surface area contributed by atoms with Crippen molar-refractivity contribution in [2.75, 3.05) is 26.2 Å². The van der Waals surface area contributed by atoms with E-state index in [0.717, 1.165) is 17.2 Å². The Balaban J connectivity index is 1.44. The van der Waals surface area contributed by atoms with Gasteiger partial charge in [0.05, 0.1) is 15.9 Å². The van der Waals surface area contributed by atoms with Crippen LogP contribution < -0.4 is 0 Å². The third-order valence-corrected chi connectivity index (χ3v) is 7.84. The van der Waals surface area contributed by atoms with Crippen molar-refractivity contribution in [1.82, 2.24) is 19.3 Å². The lowest BCUT2D eigenvalue weighted by atomic mass is 10.1. The Hall–Kier alpha value is -3.15. The minimum Gasteiger partial charge on any atom is -0.337 e. The smallest absolute Gasteiger partial charge is 0.273 e. The fraction of sp³-hybridized carbons (Fsp3) is 0.364. The van der Waals surface area contributed by atoms with Crippen LogP contribution in [0.2, 0.25) is 0 Å². The highest BCUT2D eigenvalue weighted by atomic mass is 32.2. The molecule has 10 nitrogen and oxygen atoms in total. The van der Waals surface area contributed by atoms with E-state index in [1.54, 1.807) is 6.92 Å². The standard InChI is InChI=1S/C22H25N5O5S/c1-15-4-7-18(8-5-15)21-23-22(32-24-21)17(3)25-10-12-26(13-11-25)33(30,31)19-9-6-16(2)20(14-19)27(28)29/h4-9,14,17H,10-13H2,1-3H3/t17-/m1/s1. The Labute approximate surface area is 192 Å². The minimum atomic E-state index is -3.83. The molecule has 0 aliphatic carbocycles. The molecule has 11 heteroatoms. The van der Waals surface area contributed by atoms with Gasteiger partial charge in [0, 0.05) is 43.4 Å². The topological polar surface area (TPSA) is 123 Å². The van der Waals surface area contributed by atoms with Crippen LogP contribution in [-0.2, 0) is 10.0 Å². The van der Waals surface area contributed by atoms with Crippen molar-refractivity contribution >= 4 is 15.7 Å². The summed E-state index contributed by atoms with van der Waals surface area (Å²) in [6.45, 7) is 6.98. The Kier molecular flexibility index (Phi) is 6.28. The van der Waals surface area contributed by atoms with Gasteiger partial charge in [-0.3, -0.25) is 15.0 Å². The van der Waals surface area contributed by atoms with Crippen molar-refractivity contribution in [3.05, 3.63) is 69.6 Å². The summed E-state index contributed by atoms with van der Waals surface area (Å²) < 4.78 is 32.9. The lowest BCUT2D eigenvalue weighted by Crippen LogP contribution is -2.49. The molecule has 33 heavy (non-hydrogen) atoms. The molecule has 2 aromatic carbocycles. The number of hydrogen-bond acceptors (Lipinski definition) is 8. The zero-order valence-electron chi connectivity index (χ0n) is 18.6. The molecule has 2 heterocycles. The number of nitro groups is 1. The highest BCUT2D eigenvalue weighted by Gasteiger charge is 2.33. The fourth-order valence-electron chi connectivity index (χ4n) is 3.81. The molecule has 0 N–H and O–H groups in total. The molecule has 4 rings (SSSR count). The highest BCUT2D eigenvalue weighted by molar-refractivity contribution is 7.89. The Morgan fingerprint density at radius 2 is 1.73 bits per heavy atom. The third kappa shape index (κ3) is 4.65. The van der Waals surface area contributed by atoms with Crippen LogP contribution in [0.15, 0.2) is 51.9 Å². The van der Waals surface area contributed by atoms with Gasteiger partial charge in [-0.15, -0.1) is 0 Å². The average molecular weight is 472 g/mol. The second kappa shape index (κ2) is 9.00. The van der Waals surface area contributed by atoms with Crippen molar-refractivity contribution in [2.24, 2.45) is 0 Å². The predicted octanol–water partition coefficient (Wildman–Crippen LogP) is 3.33. The molecule has 1 aliphatic rings. The predicted molar refractivity (Wildman–Crippen MR) is 121 cm³/mol. The first-order valence-corrected chi connectivity index (χ1v) is 12.0. The van der Waals surface area contributed by atoms with Crippen LogP contribution in [0.1, 0.15) is 30.0 Å². The lowest BCUT2D eigenvalue weighted by Gasteiger charge is -2.36. The van der Waals surface area contributed by atoms with Crippen LogP contribution in [0, 0.1) is 24.0 Å². The van der Waals surface area contributed by atoms with Gasteiger partial charge in [-0.05, 0) is 26.8 Å². The third-order valence-electron chi connectivity index (χ3n) is 5.94. The Bertz CT molecular complexity index is 1260. The maximum atomic E-state index is 13.0. The van der Waals surface area contributed by atoms with Crippen LogP contribution in [-0.4, -0.2) is 58.9 Å². The van der Waals surface area contributed by atoms with Gasteiger partial charge in [-0.1, -0.05) is 41.1 Å². The number of sulfonamides is 1. The number of piperazine rings is 1. The van der Waals surface area contributed by atoms with E-state index in [9.17, 15) is 18.5 Å². The summed E-state index contributed by atoms with van der Waals surface area (Å²) >= 11 is 0. The molecular formula is C22H25N5O5S. The van der Waals surface area contributed by atoms with Crippen molar-refractivity contribution in [3.63, 3.8) is 0 Å². The monoisotopic (exact) mass is 471 g/mol. The number of aryl methyl sites for hydroxylation is 2. The fourth-order valence-corrected chi connectivity index (χ4v) is 5.25. The molecule has 1 atom stereocenters. The molecule has 0 spiro atoms. The minimum absolute atomic E-state index is 0.0686. The van der Waals surface area contributed by atoms with Gasteiger partial charge in [0.25, 0.3) is 5.69 Å². The summed E-state index contributed by atoms with van der Waals surface area (Å²) in [6, 6.07) is 11.7. The van der Waals surface area contributed by atoms with Gasteiger partial charge in [-0.2, -0.15) is 9.29 Å². The summed E-state index contributed by atoms with van der Waals surface area (Å²) in [5.74, 6) is 0.982. The summed E-state index contributed by atoms with van der Waals surface area (Å²) in [5, 5.41) is 15.3. The van der Waals surface area contributed by atoms with Crippen LogP contribution in [0.5, 0.6) is 0 Å². The summed E-state index contributed by atoms with van der Waals surface area (Å²) in [6.07, 6.45) is 0.